The fraction of sp³-hybridized carbons (Fsp3) is 0.296. The predicted molar refractivity (Wildman–Crippen MR) is 129 cm³/mol. The topological polar surface area (TPSA) is 44.8 Å². The van der Waals surface area contributed by atoms with Gasteiger partial charge in [-0.1, -0.05) is 72.8 Å². The summed E-state index contributed by atoms with van der Waals surface area (Å²) in [5, 5.41) is 3.25. The van der Waals surface area contributed by atoms with Crippen LogP contribution in [-0.4, -0.2) is 50.6 Å². The van der Waals surface area contributed by atoms with Crippen LogP contribution in [0.5, 0.6) is 5.75 Å². The molecule has 0 radical (unpaired) electrons. The van der Waals surface area contributed by atoms with Crippen LogP contribution < -0.4 is 15.0 Å². The van der Waals surface area contributed by atoms with Gasteiger partial charge in [0.15, 0.2) is 0 Å². The smallest absolute Gasteiger partial charge is 0.222 e. The number of carbonyl (C=O) groups is 1. The van der Waals surface area contributed by atoms with E-state index in [0.29, 0.717) is 6.42 Å². The van der Waals surface area contributed by atoms with Crippen molar-refractivity contribution < 1.29 is 9.53 Å². The fourth-order valence-corrected chi connectivity index (χ4v) is 4.25. The van der Waals surface area contributed by atoms with Gasteiger partial charge in [-0.2, -0.15) is 0 Å². The second kappa shape index (κ2) is 10.8. The van der Waals surface area contributed by atoms with Crippen molar-refractivity contribution in [3.8, 4) is 5.75 Å². The molecule has 5 heteroatoms. The third kappa shape index (κ3) is 5.48. The van der Waals surface area contributed by atoms with E-state index in [4.69, 9.17) is 4.74 Å². The number of benzene rings is 3. The van der Waals surface area contributed by atoms with E-state index in [1.54, 1.807) is 7.11 Å². The number of hydrogen-bond donors (Lipinski definition) is 1. The molecule has 1 heterocycles. The quantitative estimate of drug-likeness (QED) is 0.585. The summed E-state index contributed by atoms with van der Waals surface area (Å²) in [4.78, 5) is 17.6. The molecule has 1 saturated heterocycles. The Balaban J connectivity index is 1.31. The Hall–Kier alpha value is -3.31. The highest BCUT2D eigenvalue weighted by Crippen LogP contribution is 2.28. The molecule has 0 unspecified atom stereocenters. The molecule has 1 aliphatic heterocycles. The lowest BCUT2D eigenvalue weighted by Gasteiger charge is -2.36. The highest BCUT2D eigenvalue weighted by Gasteiger charge is 2.21. The first kappa shape index (κ1) is 21.9. The van der Waals surface area contributed by atoms with Gasteiger partial charge in [0.05, 0.1) is 18.8 Å². The standard InChI is InChI=1S/C27H31N3O2/c1-32-25-15-9-8-14-24(25)30-20-18-29(19-21-30)17-16-26(31)28-27(22-10-4-2-5-11-22)23-12-6-3-7-13-23/h2-15,27H,16-21H2,1H3,(H,28,31). The molecule has 1 fully saturated rings. The van der Waals surface area contributed by atoms with Crippen molar-refractivity contribution in [1.82, 2.24) is 10.2 Å². The van der Waals surface area contributed by atoms with E-state index in [9.17, 15) is 4.79 Å². The monoisotopic (exact) mass is 429 g/mol. The van der Waals surface area contributed by atoms with Gasteiger partial charge in [0.2, 0.25) is 5.91 Å². The van der Waals surface area contributed by atoms with Crippen LogP contribution in [0.15, 0.2) is 84.9 Å². The van der Waals surface area contributed by atoms with Gasteiger partial charge in [-0.3, -0.25) is 9.69 Å². The molecule has 4 rings (SSSR count). The number of amides is 1. The zero-order valence-corrected chi connectivity index (χ0v) is 18.6. The summed E-state index contributed by atoms with van der Waals surface area (Å²) in [6.07, 6.45) is 0.491. The summed E-state index contributed by atoms with van der Waals surface area (Å²) in [5.74, 6) is 0.989. The Morgan fingerprint density at radius 1 is 0.844 bits per heavy atom. The number of methoxy groups -OCH3 is 1. The second-order valence-electron chi connectivity index (χ2n) is 8.07. The maximum absolute atomic E-state index is 12.8. The number of nitrogens with one attached hydrogen (secondary N) is 1. The van der Waals surface area contributed by atoms with Gasteiger partial charge in [-0.05, 0) is 23.3 Å². The summed E-state index contributed by atoms with van der Waals surface area (Å²) >= 11 is 0. The number of piperazine rings is 1. The molecular weight excluding hydrogens is 398 g/mol. The van der Waals surface area contributed by atoms with Crippen molar-refractivity contribution in [3.05, 3.63) is 96.1 Å². The normalized spacial score (nSPS) is 14.4. The van der Waals surface area contributed by atoms with Crippen LogP contribution in [0.25, 0.3) is 0 Å². The maximum Gasteiger partial charge on any atom is 0.222 e. The molecule has 0 spiro atoms. The van der Waals surface area contributed by atoms with Crippen LogP contribution in [0.4, 0.5) is 5.69 Å². The zero-order valence-electron chi connectivity index (χ0n) is 18.6. The maximum atomic E-state index is 12.8. The lowest BCUT2D eigenvalue weighted by Crippen LogP contribution is -2.47. The van der Waals surface area contributed by atoms with Gasteiger partial charge in [-0.15, -0.1) is 0 Å². The summed E-state index contributed by atoms with van der Waals surface area (Å²) in [5.41, 5.74) is 3.33. The van der Waals surface area contributed by atoms with Crippen LogP contribution in [0.3, 0.4) is 0 Å². The molecule has 166 valence electrons. The van der Waals surface area contributed by atoms with Gasteiger partial charge in [-0.25, -0.2) is 0 Å². The van der Waals surface area contributed by atoms with Crippen molar-refractivity contribution >= 4 is 11.6 Å². The minimum absolute atomic E-state index is 0.0786. The summed E-state index contributed by atoms with van der Waals surface area (Å²) in [7, 11) is 1.71. The minimum Gasteiger partial charge on any atom is -0.495 e. The number of anilines is 1. The van der Waals surface area contributed by atoms with Crippen molar-refractivity contribution in [2.45, 2.75) is 12.5 Å². The van der Waals surface area contributed by atoms with E-state index in [-0.39, 0.29) is 11.9 Å². The van der Waals surface area contributed by atoms with Gasteiger partial charge in [0.25, 0.3) is 0 Å². The van der Waals surface area contributed by atoms with E-state index in [0.717, 1.165) is 55.3 Å². The molecule has 0 aromatic heterocycles. The van der Waals surface area contributed by atoms with E-state index in [2.05, 4.69) is 45.4 Å². The van der Waals surface area contributed by atoms with Gasteiger partial charge in [0, 0.05) is 39.1 Å². The number of nitrogens with zero attached hydrogens (tertiary/aromatic N) is 2. The molecule has 0 aliphatic carbocycles. The molecule has 5 nitrogen and oxygen atoms in total. The highest BCUT2D eigenvalue weighted by atomic mass is 16.5. The summed E-state index contributed by atoms with van der Waals surface area (Å²) in [6.45, 7) is 4.50. The van der Waals surface area contributed by atoms with Crippen molar-refractivity contribution in [2.24, 2.45) is 0 Å². The Morgan fingerprint density at radius 2 is 1.41 bits per heavy atom. The molecule has 0 atom stereocenters. The Labute approximate surface area is 190 Å². The molecule has 1 amide bonds. The van der Waals surface area contributed by atoms with Crippen molar-refractivity contribution in [1.29, 1.82) is 0 Å². The number of carbonyl (C=O) groups excluding carboxylic acids is 1. The average Bonchev–Trinajstić information content (AvgIpc) is 2.87. The van der Waals surface area contributed by atoms with E-state index in [1.807, 2.05) is 54.6 Å². The molecule has 1 aliphatic rings. The fourth-order valence-electron chi connectivity index (χ4n) is 4.25. The SMILES string of the molecule is COc1ccccc1N1CCN(CCC(=O)NC(c2ccccc2)c2ccccc2)CC1. The van der Waals surface area contributed by atoms with Gasteiger partial charge < -0.3 is 15.0 Å². The van der Waals surface area contributed by atoms with Crippen LogP contribution >= 0.6 is 0 Å². The summed E-state index contributed by atoms with van der Waals surface area (Å²) < 4.78 is 5.51. The number of ether oxygens (including phenoxy) is 1. The number of hydrogen-bond acceptors (Lipinski definition) is 4. The first-order valence-electron chi connectivity index (χ1n) is 11.2. The molecule has 0 saturated carbocycles. The third-order valence-corrected chi connectivity index (χ3v) is 6.02. The largest absolute Gasteiger partial charge is 0.495 e. The first-order chi connectivity index (χ1) is 15.7. The third-order valence-electron chi connectivity index (χ3n) is 6.02. The molecular formula is C27H31N3O2. The van der Waals surface area contributed by atoms with E-state index in [1.165, 1.54) is 0 Å². The lowest BCUT2D eigenvalue weighted by atomic mass is 9.98. The van der Waals surface area contributed by atoms with E-state index < -0.39 is 0 Å². The van der Waals surface area contributed by atoms with Gasteiger partial charge in [0.1, 0.15) is 5.75 Å². The first-order valence-corrected chi connectivity index (χ1v) is 11.2. The second-order valence-corrected chi connectivity index (χ2v) is 8.07. The van der Waals surface area contributed by atoms with Crippen LogP contribution in [0, 0.1) is 0 Å². The minimum atomic E-state index is -0.132. The van der Waals surface area contributed by atoms with Crippen LogP contribution in [0.1, 0.15) is 23.6 Å². The predicted octanol–water partition coefficient (Wildman–Crippen LogP) is 4.11. The Kier molecular flexibility index (Phi) is 7.41. The molecule has 0 bridgehead atoms. The summed E-state index contributed by atoms with van der Waals surface area (Å²) in [6, 6.07) is 28.3. The van der Waals surface area contributed by atoms with Crippen molar-refractivity contribution in [2.75, 3.05) is 44.7 Å². The molecule has 3 aromatic carbocycles. The molecule has 32 heavy (non-hydrogen) atoms. The van der Waals surface area contributed by atoms with E-state index >= 15 is 0 Å². The number of rotatable bonds is 8. The van der Waals surface area contributed by atoms with Gasteiger partial charge >= 0.3 is 0 Å². The molecule has 3 aromatic rings. The van der Waals surface area contributed by atoms with Crippen LogP contribution in [-0.2, 0) is 4.79 Å². The molecule has 1 N–H and O–H groups in total. The zero-order chi connectivity index (χ0) is 22.2. The number of para-hydroxylation sites is 2. The highest BCUT2D eigenvalue weighted by molar-refractivity contribution is 5.77. The Bertz CT molecular complexity index is 947. The van der Waals surface area contributed by atoms with Crippen LogP contribution in [0.2, 0.25) is 0 Å². The lowest BCUT2D eigenvalue weighted by molar-refractivity contribution is -0.121. The Morgan fingerprint density at radius 3 is 2.00 bits per heavy atom. The van der Waals surface area contributed by atoms with Crippen molar-refractivity contribution in [3.63, 3.8) is 0 Å². The average molecular weight is 430 g/mol.